The largest absolute Gasteiger partial charge is 0.389 e. The first kappa shape index (κ1) is 22.5. The van der Waals surface area contributed by atoms with E-state index >= 15 is 0 Å². The lowest BCUT2D eigenvalue weighted by Gasteiger charge is -2.30. The van der Waals surface area contributed by atoms with E-state index in [-0.39, 0.29) is 23.9 Å². The number of hydrogen-bond donors (Lipinski definition) is 1. The maximum atomic E-state index is 13.9. The molecule has 4 heteroatoms. The normalized spacial score (nSPS) is 21.3. The zero-order chi connectivity index (χ0) is 19.7. The molecule has 0 radical (unpaired) electrons. The SMILES string of the molecule is CCC/C(=C1/C=C(F)C=CC1=NC)C(CC)CC[C@](O)(CC)CC(C)=O. The fourth-order valence-corrected chi connectivity index (χ4v) is 3.71. The van der Waals surface area contributed by atoms with Gasteiger partial charge in [-0.05, 0) is 63.2 Å². The Balaban J connectivity index is 3.15. The number of nitrogens with zero attached hydrogens (tertiary/aromatic N) is 1. The van der Waals surface area contributed by atoms with Crippen LogP contribution in [0.5, 0.6) is 0 Å². The average Bonchev–Trinajstić information content (AvgIpc) is 2.60. The topological polar surface area (TPSA) is 49.7 Å². The fraction of sp³-hybridized carbons (Fsp3) is 0.636. The molecule has 1 aliphatic carbocycles. The van der Waals surface area contributed by atoms with Crippen LogP contribution in [0.1, 0.15) is 72.6 Å². The van der Waals surface area contributed by atoms with Gasteiger partial charge in [0.2, 0.25) is 0 Å². The van der Waals surface area contributed by atoms with Gasteiger partial charge in [0.1, 0.15) is 11.6 Å². The van der Waals surface area contributed by atoms with Crippen molar-refractivity contribution >= 4 is 11.5 Å². The van der Waals surface area contributed by atoms with E-state index in [9.17, 15) is 14.3 Å². The summed E-state index contributed by atoms with van der Waals surface area (Å²) < 4.78 is 13.9. The molecule has 1 aliphatic rings. The number of carbonyl (C=O) groups is 1. The predicted octanol–water partition coefficient (Wildman–Crippen LogP) is 5.50. The zero-order valence-corrected chi connectivity index (χ0v) is 16.9. The number of aliphatic imine (C=N–C) groups is 1. The van der Waals surface area contributed by atoms with Crippen molar-refractivity contribution < 1.29 is 14.3 Å². The lowest BCUT2D eigenvalue weighted by atomic mass is 9.79. The fourth-order valence-electron chi connectivity index (χ4n) is 3.71. The van der Waals surface area contributed by atoms with Crippen LogP contribution in [-0.2, 0) is 4.79 Å². The first-order valence-corrected chi connectivity index (χ1v) is 9.77. The van der Waals surface area contributed by atoms with E-state index in [0.717, 1.165) is 37.0 Å². The molecule has 0 aromatic rings. The molecule has 1 rings (SSSR count). The maximum Gasteiger partial charge on any atom is 0.132 e. The Morgan fingerprint density at radius 2 is 2.00 bits per heavy atom. The molecular formula is C22H34FNO2. The van der Waals surface area contributed by atoms with E-state index in [0.29, 0.717) is 12.8 Å². The number of carbonyl (C=O) groups excluding carboxylic acids is 1. The lowest BCUT2D eigenvalue weighted by Crippen LogP contribution is -2.31. The van der Waals surface area contributed by atoms with Crippen LogP contribution >= 0.6 is 0 Å². The second kappa shape index (κ2) is 10.6. The molecule has 0 saturated carbocycles. The van der Waals surface area contributed by atoms with E-state index in [4.69, 9.17) is 0 Å². The highest BCUT2D eigenvalue weighted by molar-refractivity contribution is 6.12. The third-order valence-electron chi connectivity index (χ3n) is 5.24. The summed E-state index contributed by atoms with van der Waals surface area (Å²) >= 11 is 0. The van der Waals surface area contributed by atoms with Crippen LogP contribution in [0.2, 0.25) is 0 Å². The summed E-state index contributed by atoms with van der Waals surface area (Å²) in [6, 6.07) is 0. The van der Waals surface area contributed by atoms with Crippen molar-refractivity contribution in [2.45, 2.75) is 78.2 Å². The highest BCUT2D eigenvalue weighted by Crippen LogP contribution is 2.34. The maximum absolute atomic E-state index is 13.9. The minimum absolute atomic E-state index is 0.0114. The Hall–Kier alpha value is -1.55. The quantitative estimate of drug-likeness (QED) is 0.557. The smallest absolute Gasteiger partial charge is 0.132 e. The van der Waals surface area contributed by atoms with Gasteiger partial charge >= 0.3 is 0 Å². The lowest BCUT2D eigenvalue weighted by molar-refractivity contribution is -0.122. The molecule has 0 spiro atoms. The highest BCUT2D eigenvalue weighted by Gasteiger charge is 2.29. The van der Waals surface area contributed by atoms with Gasteiger partial charge in [-0.25, -0.2) is 4.39 Å². The minimum Gasteiger partial charge on any atom is -0.389 e. The van der Waals surface area contributed by atoms with E-state index in [1.54, 1.807) is 19.2 Å². The zero-order valence-electron chi connectivity index (χ0n) is 16.9. The van der Waals surface area contributed by atoms with Crippen molar-refractivity contribution in [2.24, 2.45) is 10.9 Å². The molecule has 3 nitrogen and oxygen atoms in total. The molecule has 146 valence electrons. The van der Waals surface area contributed by atoms with Crippen molar-refractivity contribution in [2.75, 3.05) is 7.05 Å². The Morgan fingerprint density at radius 3 is 2.50 bits per heavy atom. The number of rotatable bonds is 10. The molecule has 0 fully saturated rings. The Labute approximate surface area is 157 Å². The van der Waals surface area contributed by atoms with Gasteiger partial charge < -0.3 is 5.11 Å². The Bertz CT molecular complexity index is 616. The summed E-state index contributed by atoms with van der Waals surface area (Å²) in [6.07, 6.45) is 9.61. The van der Waals surface area contributed by atoms with E-state index in [2.05, 4.69) is 18.8 Å². The van der Waals surface area contributed by atoms with Crippen LogP contribution < -0.4 is 0 Å². The van der Waals surface area contributed by atoms with Gasteiger partial charge in [0.05, 0.1) is 11.3 Å². The summed E-state index contributed by atoms with van der Waals surface area (Å²) in [6.45, 7) is 7.68. The van der Waals surface area contributed by atoms with Crippen LogP contribution in [0, 0.1) is 5.92 Å². The van der Waals surface area contributed by atoms with Crippen molar-refractivity contribution in [1.29, 1.82) is 0 Å². The second-order valence-corrected chi connectivity index (χ2v) is 7.26. The van der Waals surface area contributed by atoms with E-state index < -0.39 is 5.60 Å². The van der Waals surface area contributed by atoms with Gasteiger partial charge in [-0.2, -0.15) is 0 Å². The predicted molar refractivity (Wildman–Crippen MR) is 107 cm³/mol. The van der Waals surface area contributed by atoms with Crippen molar-refractivity contribution in [3.8, 4) is 0 Å². The van der Waals surface area contributed by atoms with Gasteiger partial charge in [-0.1, -0.05) is 32.8 Å². The first-order valence-electron chi connectivity index (χ1n) is 9.77. The summed E-state index contributed by atoms with van der Waals surface area (Å²) in [5.74, 6) is -0.00265. The Morgan fingerprint density at radius 1 is 1.31 bits per heavy atom. The number of hydrogen-bond acceptors (Lipinski definition) is 3. The van der Waals surface area contributed by atoms with Crippen LogP contribution in [0.3, 0.4) is 0 Å². The summed E-state index contributed by atoms with van der Waals surface area (Å²) in [4.78, 5) is 15.8. The molecule has 26 heavy (non-hydrogen) atoms. The molecule has 0 bridgehead atoms. The minimum atomic E-state index is -0.948. The van der Waals surface area contributed by atoms with Gasteiger partial charge in [0.25, 0.3) is 0 Å². The molecule has 0 aliphatic heterocycles. The standard InChI is InChI=1S/C22H34FNO2/c1-6-9-19(20-14-18(23)10-11-21(20)24-5)17(7-2)12-13-22(26,8-3)15-16(4)25/h10-11,14,17,26H,6-9,12-13,15H2,1-5H3/b20-19+,24-21?/t17?,22-/m1/s1. The van der Waals surface area contributed by atoms with Crippen molar-refractivity contribution in [3.05, 3.63) is 35.2 Å². The number of ketones is 1. The molecule has 1 unspecified atom stereocenters. The first-order chi connectivity index (χ1) is 12.3. The summed E-state index contributed by atoms with van der Waals surface area (Å²) in [5.41, 5.74) is 1.95. The third-order valence-corrected chi connectivity index (χ3v) is 5.24. The van der Waals surface area contributed by atoms with Crippen LogP contribution in [0.15, 0.2) is 40.2 Å². The van der Waals surface area contributed by atoms with Crippen LogP contribution in [0.4, 0.5) is 4.39 Å². The molecule has 0 heterocycles. The average molecular weight is 364 g/mol. The van der Waals surface area contributed by atoms with Gasteiger partial charge in [0.15, 0.2) is 0 Å². The number of halogens is 1. The molecule has 1 N–H and O–H groups in total. The molecule has 0 amide bonds. The van der Waals surface area contributed by atoms with Crippen molar-refractivity contribution in [3.63, 3.8) is 0 Å². The summed E-state index contributed by atoms with van der Waals surface area (Å²) in [7, 11) is 1.73. The van der Waals surface area contributed by atoms with Gasteiger partial charge in [-0.15, -0.1) is 0 Å². The summed E-state index contributed by atoms with van der Waals surface area (Å²) in [5, 5.41) is 10.8. The van der Waals surface area contributed by atoms with E-state index in [1.165, 1.54) is 18.6 Å². The van der Waals surface area contributed by atoms with Crippen LogP contribution in [0.25, 0.3) is 0 Å². The molecule has 2 atom stereocenters. The number of allylic oxidation sites excluding steroid dienone is 6. The Kier molecular flexibility index (Phi) is 9.14. The van der Waals surface area contributed by atoms with Gasteiger partial charge in [0, 0.05) is 19.0 Å². The van der Waals surface area contributed by atoms with Crippen LogP contribution in [-0.4, -0.2) is 29.3 Å². The molecule has 0 aromatic heterocycles. The molecular weight excluding hydrogens is 329 g/mol. The highest BCUT2D eigenvalue weighted by atomic mass is 19.1. The van der Waals surface area contributed by atoms with E-state index in [1.807, 2.05) is 6.92 Å². The number of Topliss-reactive ketones (excluding diaryl/α,β-unsaturated/α-hetero) is 1. The van der Waals surface area contributed by atoms with Crippen molar-refractivity contribution in [1.82, 2.24) is 0 Å². The molecule has 0 saturated heterocycles. The van der Waals surface area contributed by atoms with Gasteiger partial charge in [-0.3, -0.25) is 9.79 Å². The third kappa shape index (κ3) is 6.31. The number of aliphatic hydroxyl groups is 1. The monoisotopic (exact) mass is 363 g/mol. The second-order valence-electron chi connectivity index (χ2n) is 7.26. The molecule has 0 aromatic carbocycles.